The van der Waals surface area contributed by atoms with Gasteiger partial charge >= 0.3 is 5.97 Å². The maximum absolute atomic E-state index is 12.0. The fraction of sp³-hybridized carbons (Fsp3) is 0.333. The van der Waals surface area contributed by atoms with E-state index in [9.17, 15) is 4.79 Å². The molecule has 0 aliphatic rings. The number of carbonyl (C=O) groups is 1. The summed E-state index contributed by atoms with van der Waals surface area (Å²) in [6.07, 6.45) is 0. The van der Waals surface area contributed by atoms with E-state index in [0.29, 0.717) is 15.7 Å². The second-order valence-corrected chi connectivity index (χ2v) is 7.21. The summed E-state index contributed by atoms with van der Waals surface area (Å²) in [5, 5.41) is 7.49. The number of esters is 1. The van der Waals surface area contributed by atoms with E-state index in [0.717, 1.165) is 21.8 Å². The van der Waals surface area contributed by atoms with Crippen LogP contribution in [0, 0.1) is 13.8 Å². The minimum Gasteiger partial charge on any atom is -0.497 e. The van der Waals surface area contributed by atoms with E-state index in [2.05, 4.69) is 10.6 Å². The molecule has 134 valence electrons. The molecule has 0 saturated heterocycles. The maximum Gasteiger partial charge on any atom is 0.341 e. The van der Waals surface area contributed by atoms with Gasteiger partial charge in [0.2, 0.25) is 0 Å². The third-order valence-corrected chi connectivity index (χ3v) is 5.29. The first kappa shape index (κ1) is 19.2. The Morgan fingerprint density at radius 2 is 2.00 bits per heavy atom. The quantitative estimate of drug-likeness (QED) is 0.600. The van der Waals surface area contributed by atoms with E-state index in [4.69, 9.17) is 21.7 Å². The Labute approximate surface area is 157 Å². The zero-order valence-electron chi connectivity index (χ0n) is 14.9. The lowest BCUT2D eigenvalue weighted by atomic mass is 10.1. The maximum atomic E-state index is 12.0. The van der Waals surface area contributed by atoms with Gasteiger partial charge in [0.15, 0.2) is 5.11 Å². The molecular formula is C18H22N2O3S2. The number of nitrogens with one attached hydrogen (secondary N) is 2. The second kappa shape index (κ2) is 8.31. The van der Waals surface area contributed by atoms with Crippen molar-refractivity contribution >= 4 is 39.6 Å². The Hall–Kier alpha value is -2.12. The standard InChI is InChI=1S/C18H22N2O3S2/c1-10-12(3)25-16(15(10)17(21)23-5)20-18(24)19-11(2)13-7-6-8-14(9-13)22-4/h6-9,11H,1-5H3,(H2,19,20,24). The lowest BCUT2D eigenvalue weighted by Crippen LogP contribution is -2.31. The average molecular weight is 379 g/mol. The van der Waals surface area contributed by atoms with Gasteiger partial charge in [0, 0.05) is 4.88 Å². The van der Waals surface area contributed by atoms with Gasteiger partial charge in [-0.25, -0.2) is 4.79 Å². The van der Waals surface area contributed by atoms with Crippen LogP contribution < -0.4 is 15.4 Å². The van der Waals surface area contributed by atoms with E-state index in [1.54, 1.807) is 7.11 Å². The summed E-state index contributed by atoms with van der Waals surface area (Å²) in [6, 6.07) is 7.78. The first-order valence-corrected chi connectivity index (χ1v) is 8.99. The van der Waals surface area contributed by atoms with E-state index < -0.39 is 0 Å². The van der Waals surface area contributed by atoms with Gasteiger partial charge in [0.05, 0.1) is 25.8 Å². The first-order valence-electron chi connectivity index (χ1n) is 7.77. The van der Waals surface area contributed by atoms with Crippen LogP contribution in [0.4, 0.5) is 5.00 Å². The third-order valence-electron chi connectivity index (χ3n) is 3.94. The number of methoxy groups -OCH3 is 2. The zero-order chi connectivity index (χ0) is 18.6. The minimum absolute atomic E-state index is 0.0150. The molecule has 0 fully saturated rings. The normalized spacial score (nSPS) is 11.6. The van der Waals surface area contributed by atoms with Gasteiger partial charge < -0.3 is 20.1 Å². The lowest BCUT2D eigenvalue weighted by molar-refractivity contribution is 0.0601. The molecule has 0 amide bonds. The summed E-state index contributed by atoms with van der Waals surface area (Å²) in [5.74, 6) is 0.426. The van der Waals surface area contributed by atoms with Gasteiger partial charge in [0.1, 0.15) is 10.8 Å². The van der Waals surface area contributed by atoms with E-state index in [1.807, 2.05) is 45.0 Å². The number of hydrogen-bond donors (Lipinski definition) is 2. The van der Waals surface area contributed by atoms with Crippen molar-refractivity contribution in [1.29, 1.82) is 0 Å². The number of hydrogen-bond acceptors (Lipinski definition) is 5. The Morgan fingerprint density at radius 1 is 1.28 bits per heavy atom. The van der Waals surface area contributed by atoms with Crippen LogP contribution in [0.25, 0.3) is 0 Å². The van der Waals surface area contributed by atoms with Crippen LogP contribution in [0.15, 0.2) is 24.3 Å². The van der Waals surface area contributed by atoms with Crippen LogP contribution in [-0.4, -0.2) is 25.3 Å². The first-order chi connectivity index (χ1) is 11.9. The summed E-state index contributed by atoms with van der Waals surface area (Å²) in [4.78, 5) is 13.1. The van der Waals surface area contributed by atoms with Gasteiger partial charge in [-0.2, -0.15) is 0 Å². The van der Waals surface area contributed by atoms with Crippen molar-refractivity contribution in [2.24, 2.45) is 0 Å². The molecule has 0 aliphatic heterocycles. The second-order valence-electron chi connectivity index (χ2n) is 5.58. The van der Waals surface area contributed by atoms with Crippen LogP contribution in [-0.2, 0) is 4.74 Å². The van der Waals surface area contributed by atoms with E-state index in [-0.39, 0.29) is 12.0 Å². The summed E-state index contributed by atoms with van der Waals surface area (Å²) in [6.45, 7) is 5.88. The fourth-order valence-electron chi connectivity index (χ4n) is 2.39. The van der Waals surface area contributed by atoms with Gasteiger partial charge in [0.25, 0.3) is 0 Å². The smallest absolute Gasteiger partial charge is 0.341 e. The zero-order valence-corrected chi connectivity index (χ0v) is 16.6. The summed E-state index contributed by atoms with van der Waals surface area (Å²) in [5.41, 5.74) is 2.49. The van der Waals surface area contributed by atoms with Crippen LogP contribution in [0.3, 0.4) is 0 Å². The van der Waals surface area contributed by atoms with E-state index in [1.165, 1.54) is 18.4 Å². The van der Waals surface area contributed by atoms with Crippen LogP contribution in [0.1, 0.15) is 39.3 Å². The number of aryl methyl sites for hydroxylation is 1. The summed E-state index contributed by atoms with van der Waals surface area (Å²) >= 11 is 6.89. The van der Waals surface area contributed by atoms with Crippen LogP contribution in [0.5, 0.6) is 5.75 Å². The largest absolute Gasteiger partial charge is 0.497 e. The highest BCUT2D eigenvalue weighted by molar-refractivity contribution is 7.80. The minimum atomic E-state index is -0.368. The van der Waals surface area contributed by atoms with Crippen molar-refractivity contribution in [3.05, 3.63) is 45.8 Å². The number of carbonyl (C=O) groups excluding carboxylic acids is 1. The van der Waals surface area contributed by atoms with Crippen molar-refractivity contribution in [1.82, 2.24) is 5.32 Å². The molecule has 7 heteroatoms. The summed E-state index contributed by atoms with van der Waals surface area (Å²) < 4.78 is 10.1. The Morgan fingerprint density at radius 3 is 2.64 bits per heavy atom. The highest BCUT2D eigenvalue weighted by atomic mass is 32.1. The monoisotopic (exact) mass is 378 g/mol. The van der Waals surface area contributed by atoms with Crippen LogP contribution >= 0.6 is 23.6 Å². The number of thiocarbonyl (C=S) groups is 1. The molecule has 2 N–H and O–H groups in total. The molecule has 25 heavy (non-hydrogen) atoms. The highest BCUT2D eigenvalue weighted by Gasteiger charge is 2.21. The van der Waals surface area contributed by atoms with Crippen molar-refractivity contribution < 1.29 is 14.3 Å². The molecule has 1 aromatic carbocycles. The van der Waals surface area contributed by atoms with Gasteiger partial charge in [-0.15, -0.1) is 11.3 Å². The molecule has 1 aromatic heterocycles. The molecule has 1 unspecified atom stereocenters. The molecule has 0 radical (unpaired) electrons. The number of ether oxygens (including phenoxy) is 2. The van der Waals surface area contributed by atoms with Gasteiger partial charge in [-0.1, -0.05) is 12.1 Å². The molecular weight excluding hydrogens is 356 g/mol. The predicted molar refractivity (Wildman–Crippen MR) is 106 cm³/mol. The molecule has 1 atom stereocenters. The molecule has 0 saturated carbocycles. The highest BCUT2D eigenvalue weighted by Crippen LogP contribution is 2.33. The number of benzene rings is 1. The van der Waals surface area contributed by atoms with Gasteiger partial charge in [-0.3, -0.25) is 0 Å². The summed E-state index contributed by atoms with van der Waals surface area (Å²) in [7, 11) is 3.01. The predicted octanol–water partition coefficient (Wildman–Crippen LogP) is 4.21. The molecule has 0 bridgehead atoms. The van der Waals surface area contributed by atoms with Crippen molar-refractivity contribution in [3.8, 4) is 5.75 Å². The number of rotatable bonds is 5. The Balaban J connectivity index is 2.12. The van der Waals surface area contributed by atoms with Gasteiger partial charge in [-0.05, 0) is 56.2 Å². The third kappa shape index (κ3) is 4.49. The Bertz CT molecular complexity index is 787. The molecule has 5 nitrogen and oxygen atoms in total. The average Bonchev–Trinajstić information content (AvgIpc) is 2.87. The number of anilines is 1. The Kier molecular flexibility index (Phi) is 6.39. The SMILES string of the molecule is COC(=O)c1c(NC(=S)NC(C)c2cccc(OC)c2)sc(C)c1C. The lowest BCUT2D eigenvalue weighted by Gasteiger charge is -2.18. The topological polar surface area (TPSA) is 59.6 Å². The molecule has 0 spiro atoms. The molecule has 2 aromatic rings. The molecule has 2 rings (SSSR count). The fourth-order valence-corrected chi connectivity index (χ4v) is 3.79. The molecule has 1 heterocycles. The van der Waals surface area contributed by atoms with Crippen molar-refractivity contribution in [2.45, 2.75) is 26.8 Å². The van der Waals surface area contributed by atoms with Crippen LogP contribution in [0.2, 0.25) is 0 Å². The van der Waals surface area contributed by atoms with Crippen molar-refractivity contribution in [2.75, 3.05) is 19.5 Å². The van der Waals surface area contributed by atoms with E-state index >= 15 is 0 Å². The van der Waals surface area contributed by atoms with Crippen molar-refractivity contribution in [3.63, 3.8) is 0 Å². The number of thiophene rings is 1. The molecule has 0 aliphatic carbocycles.